The van der Waals surface area contributed by atoms with E-state index < -0.39 is 10.0 Å². The number of aryl methyl sites for hydroxylation is 3. The highest BCUT2D eigenvalue weighted by Gasteiger charge is 2.32. The van der Waals surface area contributed by atoms with E-state index in [1.165, 1.54) is 25.7 Å². The van der Waals surface area contributed by atoms with Crippen LogP contribution in [-0.4, -0.2) is 221 Å². The van der Waals surface area contributed by atoms with E-state index in [0.717, 1.165) is 139 Å². The summed E-state index contributed by atoms with van der Waals surface area (Å²) in [6.45, 7) is 19.3. The van der Waals surface area contributed by atoms with Crippen molar-refractivity contribution >= 4 is 102 Å². The number of rotatable bonds is 21. The Hall–Kier alpha value is -8.75. The monoisotopic (exact) mass is 1390 g/mol. The van der Waals surface area contributed by atoms with E-state index in [9.17, 15) is 8.42 Å². The Morgan fingerprint density at radius 1 is 0.459 bits per heavy atom. The second-order valence-electron chi connectivity index (χ2n) is 24.9. The molecule has 9 aromatic heterocycles. The van der Waals surface area contributed by atoms with E-state index in [-0.39, 0.29) is 24.4 Å². The largest absolute Gasteiger partial charge is 0.378 e. The van der Waals surface area contributed by atoms with Crippen LogP contribution in [-0.2, 0) is 43.9 Å². The number of anilines is 8. The van der Waals surface area contributed by atoms with Gasteiger partial charge in [-0.25, -0.2) is 87.9 Å². The first-order valence-electron chi connectivity index (χ1n) is 33.2. The van der Waals surface area contributed by atoms with Crippen LogP contribution in [0.25, 0.3) is 67.7 Å². The summed E-state index contributed by atoms with van der Waals surface area (Å²) in [6, 6.07) is 0. The summed E-state index contributed by atoms with van der Waals surface area (Å²) in [6.07, 6.45) is 13.4. The predicted octanol–water partition coefficient (Wildman–Crippen LogP) is 2.15. The van der Waals surface area contributed by atoms with Gasteiger partial charge >= 0.3 is 0 Å². The Kier molecular flexibility index (Phi) is 21.9. The molecule has 3 saturated carbocycles. The Morgan fingerprint density at radius 3 is 1.12 bits per heavy atom. The molecule has 6 aliphatic rings. The summed E-state index contributed by atoms with van der Waals surface area (Å²) in [4.78, 5) is 75.6. The second kappa shape index (κ2) is 31.0. The second-order valence-corrected chi connectivity index (χ2v) is 27.1. The van der Waals surface area contributed by atoms with Crippen molar-refractivity contribution in [1.82, 2.24) is 93.2 Å². The van der Waals surface area contributed by atoms with Gasteiger partial charge in [-0.3, -0.25) is 13.7 Å². The van der Waals surface area contributed by atoms with Crippen molar-refractivity contribution in [2.24, 2.45) is 35.0 Å². The van der Waals surface area contributed by atoms with Crippen molar-refractivity contribution in [2.75, 3.05) is 167 Å². The number of sulfonamides is 1. The fourth-order valence-corrected chi connectivity index (χ4v) is 12.1. The van der Waals surface area contributed by atoms with Gasteiger partial charge in [0.2, 0.25) is 45.0 Å². The minimum absolute atomic E-state index is 0.202. The van der Waals surface area contributed by atoms with Crippen LogP contribution >= 0.6 is 11.6 Å². The molecule has 3 aliphatic carbocycles. The summed E-state index contributed by atoms with van der Waals surface area (Å²) < 4.78 is 48.2. The molecule has 0 unspecified atom stereocenters. The first-order chi connectivity index (χ1) is 47.4. The van der Waals surface area contributed by atoms with Crippen molar-refractivity contribution in [3.05, 3.63) is 41.0 Å². The molecule has 0 radical (unpaired) electrons. The minimum Gasteiger partial charge on any atom is -0.378 e. The number of hydrogen-bond acceptors (Lipinski definition) is 31. The molecule has 0 atom stereocenters. The topological polar surface area (TPSA) is 472 Å². The van der Waals surface area contributed by atoms with E-state index in [2.05, 4.69) is 74.1 Å². The predicted molar refractivity (Wildman–Crippen MR) is 376 cm³/mol. The zero-order valence-corrected chi connectivity index (χ0v) is 57.3. The third kappa shape index (κ3) is 16.9. The smallest absolute Gasteiger partial charge is 0.220 e. The zero-order valence-electron chi connectivity index (χ0n) is 55.7. The molecule has 37 heteroatoms. The Labute approximate surface area is 571 Å². The van der Waals surface area contributed by atoms with Crippen LogP contribution in [0.15, 0.2) is 18.6 Å². The van der Waals surface area contributed by atoms with E-state index in [4.69, 9.17) is 100 Å². The van der Waals surface area contributed by atoms with E-state index in [1.54, 1.807) is 18.6 Å². The van der Waals surface area contributed by atoms with Crippen molar-refractivity contribution < 1.29 is 22.6 Å². The first-order valence-corrected chi connectivity index (χ1v) is 35.5. The summed E-state index contributed by atoms with van der Waals surface area (Å²) in [5, 5.41) is 7.11. The molecule has 15 rings (SSSR count). The van der Waals surface area contributed by atoms with Gasteiger partial charge in [-0.05, 0) is 88.7 Å². The molecule has 0 aromatic carbocycles. The average molecular weight is 1390 g/mol. The third-order valence-corrected chi connectivity index (χ3v) is 18.1. The van der Waals surface area contributed by atoms with Crippen molar-refractivity contribution in [3.63, 3.8) is 0 Å². The summed E-state index contributed by atoms with van der Waals surface area (Å²) >= 11 is 6.50. The lowest BCUT2D eigenvalue weighted by atomic mass is 10.2. The van der Waals surface area contributed by atoms with Gasteiger partial charge in [0.1, 0.15) is 0 Å². The third-order valence-electron chi connectivity index (χ3n) is 17.1. The summed E-state index contributed by atoms with van der Waals surface area (Å²) in [5.41, 5.74) is 41.7. The molecule has 98 heavy (non-hydrogen) atoms. The van der Waals surface area contributed by atoms with Gasteiger partial charge in [0.15, 0.2) is 68.4 Å². The maximum Gasteiger partial charge on any atom is 0.220 e. The van der Waals surface area contributed by atoms with Crippen molar-refractivity contribution in [3.8, 4) is 34.2 Å². The van der Waals surface area contributed by atoms with Crippen LogP contribution in [0.4, 0.5) is 47.2 Å². The highest BCUT2D eigenvalue weighted by Crippen LogP contribution is 2.40. The molecule has 524 valence electrons. The SMILES string of the molecule is Cc1nc(N)ncc1-c1nc(N2CCOCC2)c2nc(Cl)n(CC3CC3)c2n1.Cc1nc(N)ncc1-c1nc(N2CCOCC2)c2nc(NCCN)n(CC3CC3)c2n1.Cc1nc(N)ncc1-c1nc(N2CCOCC2)c2nc(NCCNS(C)(=O)=O)n(CC3CC3)c2n1.NCCN. The maximum absolute atomic E-state index is 11.4. The van der Waals surface area contributed by atoms with E-state index in [1.807, 2.05) is 25.3 Å². The molecule has 35 nitrogen and oxygen atoms in total. The molecule has 15 N–H and O–H groups in total. The molecule has 9 aromatic rings. The number of morpholine rings is 3. The number of nitrogens with zero attached hydrogens (tertiary/aromatic N) is 21. The van der Waals surface area contributed by atoms with Gasteiger partial charge in [0.25, 0.3) is 0 Å². The number of halogens is 1. The number of imidazole rings is 3. The van der Waals surface area contributed by atoms with Gasteiger partial charge in [-0.1, -0.05) is 0 Å². The Balaban J connectivity index is 0.000000137. The number of nitrogen functional groups attached to an aromatic ring is 3. The molecular weight excluding hydrogens is 1300 g/mol. The number of nitrogens with two attached hydrogens (primary N) is 6. The first kappa shape index (κ1) is 69.2. The molecule has 3 aliphatic heterocycles. The molecule has 0 amide bonds. The lowest BCUT2D eigenvalue weighted by molar-refractivity contribution is 0.122. The maximum atomic E-state index is 11.4. The fraction of sp³-hybridized carbons (Fsp3) is 0.557. The normalized spacial score (nSPS) is 16.6. The summed E-state index contributed by atoms with van der Waals surface area (Å²) in [7, 11) is -3.27. The number of hydrogen-bond donors (Lipinski definition) is 9. The van der Waals surface area contributed by atoms with Crippen LogP contribution in [0.3, 0.4) is 0 Å². The van der Waals surface area contributed by atoms with Gasteiger partial charge < -0.3 is 73.9 Å². The molecule has 0 bridgehead atoms. The van der Waals surface area contributed by atoms with E-state index >= 15 is 0 Å². The van der Waals surface area contributed by atoms with Gasteiger partial charge in [-0.2, -0.15) is 0 Å². The molecule has 6 fully saturated rings. The molecule has 12 heterocycles. The number of fused-ring (bicyclic) bond motifs is 3. The quantitative estimate of drug-likeness (QED) is 0.0367. The van der Waals surface area contributed by atoms with Crippen molar-refractivity contribution in [2.45, 2.75) is 78.9 Å². The van der Waals surface area contributed by atoms with Crippen LogP contribution < -0.4 is 64.5 Å². The van der Waals surface area contributed by atoms with Gasteiger partial charge in [0, 0.05) is 117 Å². The van der Waals surface area contributed by atoms with Crippen LogP contribution in [0, 0.1) is 38.5 Å². The summed E-state index contributed by atoms with van der Waals surface area (Å²) in [5.74, 6) is 7.93. The molecular formula is C61H87ClN30O5S. The lowest BCUT2D eigenvalue weighted by Crippen LogP contribution is -2.37. The number of aromatic nitrogens is 18. The molecule has 3 saturated heterocycles. The average Bonchev–Trinajstić information content (AvgIpc) is 1.63. The molecule has 0 spiro atoms. The highest BCUT2D eigenvalue weighted by molar-refractivity contribution is 7.88. The standard InChI is InChI=1S/C21H30N10O3S.C20H28N10O.C18H21ClN8O.C2H8N2/c1-13-15(11-24-20(22)26-13)17-28-18(30-7-9-34-10-8-30)16-19(29-17)31(12-14-3-4-14)21(27-16)23-5-6-25-35(2,32)33;1-12-14(10-24-19(22)25-12)16-27-17(29-6-8-31-9-7-29)15-18(28-16)30(11-13-2-3-13)20(26-15)23-5-4-21;1-10-12(8-21-18(20)22-10)14-24-15(26-4-6-28-7-5-26)13-16(25-14)27(17(19)23-13)9-11-2-3-11;3-1-2-4/h11,14,25H,3-10,12H2,1-2H3,(H,23,27)(H2,22,24,26);10,13H,2-9,11,21H2,1H3,(H,23,26)(H2,22,24,25);8,11H,2-7,9H2,1H3,(H2,20,21,22);1-4H2. The lowest BCUT2D eigenvalue weighted by Gasteiger charge is -2.28. The van der Waals surface area contributed by atoms with Crippen LogP contribution in [0.1, 0.15) is 55.6 Å². The number of ether oxygens (including phenoxy) is 3. The van der Waals surface area contributed by atoms with Crippen LogP contribution in [0.2, 0.25) is 5.28 Å². The Bertz CT molecular complexity index is 4370. The minimum atomic E-state index is -3.27. The van der Waals surface area contributed by atoms with Crippen molar-refractivity contribution in [1.29, 1.82) is 0 Å². The van der Waals surface area contributed by atoms with Gasteiger partial charge in [-0.15, -0.1) is 0 Å². The Morgan fingerprint density at radius 2 is 0.796 bits per heavy atom. The fourth-order valence-electron chi connectivity index (χ4n) is 11.4. The van der Waals surface area contributed by atoms with E-state index in [0.29, 0.717) is 149 Å². The number of nitrogens with one attached hydrogen (secondary N) is 3. The highest BCUT2D eigenvalue weighted by atomic mass is 35.5. The van der Waals surface area contributed by atoms with Crippen LogP contribution in [0.5, 0.6) is 0 Å². The zero-order chi connectivity index (χ0) is 68.6. The van der Waals surface area contributed by atoms with Gasteiger partial charge in [0.05, 0.1) is 79.7 Å².